The van der Waals surface area contributed by atoms with E-state index in [-0.39, 0.29) is 6.42 Å². The van der Waals surface area contributed by atoms with Gasteiger partial charge in [0.2, 0.25) is 0 Å². The van der Waals surface area contributed by atoms with Gasteiger partial charge in [0.05, 0.1) is 16.7 Å². The first kappa shape index (κ1) is 11.0. The number of carboxylic acids is 1. The average Bonchev–Trinajstić information content (AvgIpc) is 2.60. The van der Waals surface area contributed by atoms with Crippen LogP contribution in [0, 0.1) is 0 Å². The molecule has 0 atom stereocenters. The summed E-state index contributed by atoms with van der Waals surface area (Å²) < 4.78 is 1.89. The minimum Gasteiger partial charge on any atom is -0.481 e. The molecule has 0 spiro atoms. The Morgan fingerprint density at radius 3 is 3.06 bits per heavy atom. The molecular weight excluding hydrogens is 228 g/mol. The number of fused-ring (bicyclic) bond motifs is 1. The molecular formula is C11H11ClN2O2. The van der Waals surface area contributed by atoms with Crippen LogP contribution in [0.4, 0.5) is 0 Å². The molecule has 0 fully saturated rings. The molecule has 0 aliphatic heterocycles. The molecule has 0 unspecified atom stereocenters. The van der Waals surface area contributed by atoms with E-state index < -0.39 is 5.97 Å². The molecule has 84 valence electrons. The van der Waals surface area contributed by atoms with Gasteiger partial charge in [-0.05, 0) is 18.6 Å². The number of hydrogen-bond acceptors (Lipinski definition) is 2. The number of pyridine rings is 1. The van der Waals surface area contributed by atoms with Crippen LogP contribution in [0.5, 0.6) is 0 Å². The number of aliphatic carboxylic acids is 1. The van der Waals surface area contributed by atoms with Crippen molar-refractivity contribution >= 4 is 23.1 Å². The van der Waals surface area contributed by atoms with Gasteiger partial charge >= 0.3 is 5.97 Å². The quantitative estimate of drug-likeness (QED) is 0.890. The highest BCUT2D eigenvalue weighted by Gasteiger charge is 2.05. The van der Waals surface area contributed by atoms with Gasteiger partial charge in [-0.15, -0.1) is 0 Å². The third-order valence-corrected chi connectivity index (χ3v) is 2.58. The van der Waals surface area contributed by atoms with Crippen LogP contribution in [0.3, 0.4) is 0 Å². The first-order valence-corrected chi connectivity index (χ1v) is 5.38. The molecule has 0 saturated carbocycles. The molecule has 2 aromatic rings. The third-order valence-electron chi connectivity index (χ3n) is 2.36. The van der Waals surface area contributed by atoms with Crippen LogP contribution >= 0.6 is 11.6 Å². The van der Waals surface area contributed by atoms with Crippen LogP contribution in [0.25, 0.3) is 5.52 Å². The van der Waals surface area contributed by atoms with E-state index in [1.54, 1.807) is 18.5 Å². The van der Waals surface area contributed by atoms with Crippen LogP contribution in [0.2, 0.25) is 5.02 Å². The Labute approximate surface area is 97.5 Å². The molecule has 0 aliphatic rings. The van der Waals surface area contributed by atoms with Crippen molar-refractivity contribution in [1.82, 2.24) is 9.38 Å². The standard InChI is InChI=1S/C11H11ClN2O2/c12-8-4-5-9-6-13-10(14(9)7-8)2-1-3-11(15)16/h4-7H,1-3H2,(H,15,16). The summed E-state index contributed by atoms with van der Waals surface area (Å²) >= 11 is 5.89. The molecule has 2 heterocycles. The Balaban J connectivity index is 2.17. The van der Waals surface area contributed by atoms with E-state index in [9.17, 15) is 4.79 Å². The maximum Gasteiger partial charge on any atom is 0.303 e. The number of imidazole rings is 1. The highest BCUT2D eigenvalue weighted by atomic mass is 35.5. The molecule has 0 saturated heterocycles. The number of carbonyl (C=O) groups is 1. The summed E-state index contributed by atoms with van der Waals surface area (Å²) in [7, 11) is 0. The number of nitrogens with zero attached hydrogens (tertiary/aromatic N) is 2. The van der Waals surface area contributed by atoms with Gasteiger partial charge in [-0.25, -0.2) is 4.98 Å². The van der Waals surface area contributed by atoms with Gasteiger partial charge < -0.3 is 9.51 Å². The maximum absolute atomic E-state index is 10.4. The number of halogens is 1. The van der Waals surface area contributed by atoms with Crippen molar-refractivity contribution in [3.8, 4) is 0 Å². The Kier molecular flexibility index (Phi) is 3.10. The summed E-state index contributed by atoms with van der Waals surface area (Å²) in [5.41, 5.74) is 0.967. The lowest BCUT2D eigenvalue weighted by atomic mass is 10.2. The first-order valence-electron chi connectivity index (χ1n) is 5.00. The van der Waals surface area contributed by atoms with E-state index in [0.29, 0.717) is 17.9 Å². The average molecular weight is 239 g/mol. The molecule has 0 radical (unpaired) electrons. The van der Waals surface area contributed by atoms with E-state index in [4.69, 9.17) is 16.7 Å². The van der Waals surface area contributed by atoms with Crippen molar-refractivity contribution in [3.63, 3.8) is 0 Å². The molecule has 0 aliphatic carbocycles. The fraction of sp³-hybridized carbons (Fsp3) is 0.273. The molecule has 0 bridgehead atoms. The van der Waals surface area contributed by atoms with Crippen LogP contribution in [0.15, 0.2) is 24.5 Å². The summed E-state index contributed by atoms with van der Waals surface area (Å²) in [6, 6.07) is 3.69. The number of carboxylic acid groups (broad SMARTS) is 1. The lowest BCUT2D eigenvalue weighted by molar-refractivity contribution is -0.137. The molecule has 2 rings (SSSR count). The summed E-state index contributed by atoms with van der Waals surface area (Å²) in [5, 5.41) is 9.19. The highest BCUT2D eigenvalue weighted by molar-refractivity contribution is 6.30. The van der Waals surface area contributed by atoms with Gasteiger partial charge in [0.1, 0.15) is 5.82 Å². The van der Waals surface area contributed by atoms with Crippen LogP contribution < -0.4 is 0 Å². The Hall–Kier alpha value is -1.55. The second-order valence-electron chi connectivity index (χ2n) is 3.56. The van der Waals surface area contributed by atoms with E-state index in [0.717, 1.165) is 11.3 Å². The van der Waals surface area contributed by atoms with Crippen molar-refractivity contribution in [1.29, 1.82) is 0 Å². The first-order chi connectivity index (χ1) is 7.66. The second kappa shape index (κ2) is 4.53. The summed E-state index contributed by atoms with van der Waals surface area (Å²) in [5.74, 6) is 0.0673. The Morgan fingerprint density at radius 2 is 2.31 bits per heavy atom. The normalized spacial score (nSPS) is 10.8. The van der Waals surface area contributed by atoms with Crippen LogP contribution in [0.1, 0.15) is 18.7 Å². The molecule has 2 aromatic heterocycles. The molecule has 4 nitrogen and oxygen atoms in total. The summed E-state index contributed by atoms with van der Waals surface area (Å²) in [6.45, 7) is 0. The second-order valence-corrected chi connectivity index (χ2v) is 4.00. The van der Waals surface area contributed by atoms with Gasteiger partial charge in [-0.3, -0.25) is 4.79 Å². The molecule has 0 aromatic carbocycles. The molecule has 1 N–H and O–H groups in total. The zero-order chi connectivity index (χ0) is 11.5. The molecule has 0 amide bonds. The SMILES string of the molecule is O=C(O)CCCc1ncc2ccc(Cl)cn12. The Bertz CT molecular complexity index is 522. The van der Waals surface area contributed by atoms with Gasteiger partial charge in [0.15, 0.2) is 0 Å². The number of aryl methyl sites for hydroxylation is 1. The number of rotatable bonds is 4. The van der Waals surface area contributed by atoms with Crippen molar-refractivity contribution in [2.24, 2.45) is 0 Å². The van der Waals surface area contributed by atoms with Crippen molar-refractivity contribution in [3.05, 3.63) is 35.4 Å². The minimum atomic E-state index is -0.779. The monoisotopic (exact) mass is 238 g/mol. The molecule has 16 heavy (non-hydrogen) atoms. The number of aromatic nitrogens is 2. The minimum absolute atomic E-state index is 0.162. The van der Waals surface area contributed by atoms with Gasteiger partial charge in [-0.1, -0.05) is 11.6 Å². The fourth-order valence-corrected chi connectivity index (χ4v) is 1.76. The lowest BCUT2D eigenvalue weighted by Gasteiger charge is -2.00. The van der Waals surface area contributed by atoms with E-state index >= 15 is 0 Å². The summed E-state index contributed by atoms with van der Waals surface area (Å²) in [6.07, 6.45) is 4.93. The number of hydrogen-bond donors (Lipinski definition) is 1. The van der Waals surface area contributed by atoms with Crippen molar-refractivity contribution in [2.45, 2.75) is 19.3 Å². The predicted molar refractivity (Wildman–Crippen MR) is 60.8 cm³/mol. The van der Waals surface area contributed by atoms with Crippen LogP contribution in [-0.2, 0) is 11.2 Å². The van der Waals surface area contributed by atoms with Gasteiger partial charge in [0.25, 0.3) is 0 Å². The zero-order valence-corrected chi connectivity index (χ0v) is 9.31. The largest absolute Gasteiger partial charge is 0.481 e. The maximum atomic E-state index is 10.4. The fourth-order valence-electron chi connectivity index (χ4n) is 1.60. The van der Waals surface area contributed by atoms with E-state index in [1.165, 1.54) is 0 Å². The molecule has 5 heteroatoms. The summed E-state index contributed by atoms with van der Waals surface area (Å²) in [4.78, 5) is 14.6. The zero-order valence-electron chi connectivity index (χ0n) is 8.56. The van der Waals surface area contributed by atoms with Gasteiger partial charge in [0, 0.05) is 19.0 Å². The highest BCUT2D eigenvalue weighted by Crippen LogP contribution is 2.14. The smallest absolute Gasteiger partial charge is 0.303 e. The topological polar surface area (TPSA) is 54.6 Å². The lowest BCUT2D eigenvalue weighted by Crippen LogP contribution is -1.99. The van der Waals surface area contributed by atoms with Crippen molar-refractivity contribution < 1.29 is 9.90 Å². The van der Waals surface area contributed by atoms with Gasteiger partial charge in [-0.2, -0.15) is 0 Å². The third kappa shape index (κ3) is 2.33. The van der Waals surface area contributed by atoms with Crippen molar-refractivity contribution in [2.75, 3.05) is 0 Å². The van der Waals surface area contributed by atoms with E-state index in [2.05, 4.69) is 4.98 Å². The predicted octanol–water partition coefficient (Wildman–Crippen LogP) is 2.40. The Morgan fingerprint density at radius 1 is 1.50 bits per heavy atom. The van der Waals surface area contributed by atoms with E-state index in [1.807, 2.05) is 10.5 Å². The van der Waals surface area contributed by atoms with Crippen LogP contribution in [-0.4, -0.2) is 20.5 Å².